The predicted octanol–water partition coefficient (Wildman–Crippen LogP) is 4.78. The Kier molecular flexibility index (Phi) is 4.20. The number of nitrogens with one attached hydrogen (secondary N) is 1. The van der Waals surface area contributed by atoms with Gasteiger partial charge in [0, 0.05) is 17.0 Å². The highest BCUT2D eigenvalue weighted by molar-refractivity contribution is 7.10. The third kappa shape index (κ3) is 2.82. The van der Waals surface area contributed by atoms with E-state index in [0.29, 0.717) is 12.1 Å². The first-order valence-corrected chi connectivity index (χ1v) is 7.33. The van der Waals surface area contributed by atoms with E-state index in [1.54, 1.807) is 0 Å². The SMILES string of the molecule is Cc1ccccc1C(C)NC(C)c1sccc1C. The van der Waals surface area contributed by atoms with Crippen LogP contribution in [0.15, 0.2) is 35.7 Å². The Bertz CT molecular complexity index is 515. The molecule has 18 heavy (non-hydrogen) atoms. The number of rotatable bonds is 4. The summed E-state index contributed by atoms with van der Waals surface area (Å²) in [7, 11) is 0. The highest BCUT2D eigenvalue weighted by Gasteiger charge is 2.14. The zero-order valence-corrected chi connectivity index (χ0v) is 12.3. The van der Waals surface area contributed by atoms with Gasteiger partial charge in [0.1, 0.15) is 0 Å². The second-order valence-corrected chi connectivity index (χ2v) is 5.88. The Morgan fingerprint density at radius 2 is 1.67 bits per heavy atom. The molecule has 0 bridgehead atoms. The topological polar surface area (TPSA) is 12.0 Å². The van der Waals surface area contributed by atoms with E-state index in [-0.39, 0.29) is 0 Å². The van der Waals surface area contributed by atoms with Crippen molar-refractivity contribution in [3.63, 3.8) is 0 Å². The van der Waals surface area contributed by atoms with Gasteiger partial charge in [-0.15, -0.1) is 11.3 Å². The largest absolute Gasteiger partial charge is 0.303 e. The molecule has 0 aliphatic heterocycles. The fourth-order valence-corrected chi connectivity index (χ4v) is 3.39. The van der Waals surface area contributed by atoms with Gasteiger partial charge < -0.3 is 5.32 Å². The van der Waals surface area contributed by atoms with Crippen LogP contribution in [0.2, 0.25) is 0 Å². The molecule has 0 fully saturated rings. The van der Waals surface area contributed by atoms with Crippen LogP contribution in [0.25, 0.3) is 0 Å². The molecule has 2 unspecified atom stereocenters. The van der Waals surface area contributed by atoms with Gasteiger partial charge in [-0.1, -0.05) is 24.3 Å². The van der Waals surface area contributed by atoms with Gasteiger partial charge >= 0.3 is 0 Å². The lowest BCUT2D eigenvalue weighted by atomic mass is 10.0. The van der Waals surface area contributed by atoms with Crippen molar-refractivity contribution in [1.29, 1.82) is 0 Å². The number of hydrogen-bond acceptors (Lipinski definition) is 2. The van der Waals surface area contributed by atoms with Crippen LogP contribution in [0.5, 0.6) is 0 Å². The molecule has 1 N–H and O–H groups in total. The molecule has 2 rings (SSSR count). The molecule has 96 valence electrons. The van der Waals surface area contributed by atoms with Crippen molar-refractivity contribution >= 4 is 11.3 Å². The fourth-order valence-electron chi connectivity index (χ4n) is 2.44. The van der Waals surface area contributed by atoms with Gasteiger partial charge in [-0.3, -0.25) is 0 Å². The summed E-state index contributed by atoms with van der Waals surface area (Å²) in [4.78, 5) is 1.44. The van der Waals surface area contributed by atoms with Crippen molar-refractivity contribution in [3.05, 3.63) is 57.3 Å². The minimum Gasteiger partial charge on any atom is -0.303 e. The Morgan fingerprint density at radius 1 is 0.944 bits per heavy atom. The molecule has 0 aliphatic rings. The smallest absolute Gasteiger partial charge is 0.0393 e. The lowest BCUT2D eigenvalue weighted by Crippen LogP contribution is -2.22. The molecule has 0 spiro atoms. The average Bonchev–Trinajstić information content (AvgIpc) is 2.76. The Balaban J connectivity index is 2.11. The van der Waals surface area contributed by atoms with Crippen LogP contribution in [0.4, 0.5) is 0 Å². The summed E-state index contributed by atoms with van der Waals surface area (Å²) in [6.45, 7) is 8.84. The van der Waals surface area contributed by atoms with Gasteiger partial charge in [0.2, 0.25) is 0 Å². The van der Waals surface area contributed by atoms with Gasteiger partial charge in [0.15, 0.2) is 0 Å². The van der Waals surface area contributed by atoms with Gasteiger partial charge in [0.25, 0.3) is 0 Å². The summed E-state index contributed by atoms with van der Waals surface area (Å²) < 4.78 is 0. The first kappa shape index (κ1) is 13.3. The van der Waals surface area contributed by atoms with E-state index in [1.807, 2.05) is 11.3 Å². The molecule has 0 aliphatic carbocycles. The summed E-state index contributed by atoms with van der Waals surface area (Å²) in [5.41, 5.74) is 4.13. The fraction of sp³-hybridized carbons (Fsp3) is 0.375. The Hall–Kier alpha value is -1.12. The van der Waals surface area contributed by atoms with Crippen molar-refractivity contribution in [1.82, 2.24) is 5.32 Å². The van der Waals surface area contributed by atoms with Crippen LogP contribution in [0.1, 0.15) is 47.5 Å². The summed E-state index contributed by atoms with van der Waals surface area (Å²) in [5, 5.41) is 5.86. The third-order valence-corrected chi connectivity index (χ3v) is 4.65. The van der Waals surface area contributed by atoms with Crippen LogP contribution >= 0.6 is 11.3 Å². The lowest BCUT2D eigenvalue weighted by Gasteiger charge is -2.21. The molecule has 2 heteroatoms. The molecule has 2 atom stereocenters. The van der Waals surface area contributed by atoms with E-state index < -0.39 is 0 Å². The first-order chi connectivity index (χ1) is 8.59. The summed E-state index contributed by atoms with van der Waals surface area (Å²) >= 11 is 1.84. The van der Waals surface area contributed by atoms with Crippen molar-refractivity contribution < 1.29 is 0 Å². The highest BCUT2D eigenvalue weighted by atomic mass is 32.1. The standard InChI is InChI=1S/C16H21NS/c1-11-7-5-6-8-15(11)13(3)17-14(4)16-12(2)9-10-18-16/h5-10,13-14,17H,1-4H3. The van der Waals surface area contributed by atoms with E-state index in [1.165, 1.54) is 21.6 Å². The monoisotopic (exact) mass is 259 g/mol. The van der Waals surface area contributed by atoms with Crippen LogP contribution in [-0.2, 0) is 0 Å². The lowest BCUT2D eigenvalue weighted by molar-refractivity contribution is 0.497. The number of thiophene rings is 1. The molecule has 0 saturated carbocycles. The second-order valence-electron chi connectivity index (χ2n) is 4.93. The van der Waals surface area contributed by atoms with Crippen molar-refractivity contribution in [3.8, 4) is 0 Å². The highest BCUT2D eigenvalue weighted by Crippen LogP contribution is 2.26. The van der Waals surface area contributed by atoms with E-state index in [4.69, 9.17) is 0 Å². The molecule has 1 heterocycles. The molecule has 1 nitrogen and oxygen atoms in total. The van der Waals surface area contributed by atoms with Crippen LogP contribution in [0, 0.1) is 13.8 Å². The van der Waals surface area contributed by atoms with Gasteiger partial charge in [0.05, 0.1) is 0 Å². The molecular weight excluding hydrogens is 238 g/mol. The summed E-state index contributed by atoms with van der Waals surface area (Å²) in [6, 6.07) is 11.6. The zero-order chi connectivity index (χ0) is 13.1. The molecular formula is C16H21NS. The molecule has 0 saturated heterocycles. The number of aryl methyl sites for hydroxylation is 2. The normalized spacial score (nSPS) is 14.4. The Morgan fingerprint density at radius 3 is 2.28 bits per heavy atom. The van der Waals surface area contributed by atoms with Crippen molar-refractivity contribution in [2.75, 3.05) is 0 Å². The summed E-state index contributed by atoms with van der Waals surface area (Å²) in [6.07, 6.45) is 0. The van der Waals surface area contributed by atoms with Gasteiger partial charge in [-0.25, -0.2) is 0 Å². The van der Waals surface area contributed by atoms with Crippen molar-refractivity contribution in [2.24, 2.45) is 0 Å². The van der Waals surface area contributed by atoms with E-state index in [2.05, 4.69) is 68.7 Å². The summed E-state index contributed by atoms with van der Waals surface area (Å²) in [5.74, 6) is 0. The second kappa shape index (κ2) is 5.68. The van der Waals surface area contributed by atoms with Crippen LogP contribution in [-0.4, -0.2) is 0 Å². The van der Waals surface area contributed by atoms with Crippen molar-refractivity contribution in [2.45, 2.75) is 39.8 Å². The zero-order valence-electron chi connectivity index (χ0n) is 11.5. The molecule has 1 aromatic carbocycles. The first-order valence-electron chi connectivity index (χ1n) is 6.45. The van der Waals surface area contributed by atoms with E-state index >= 15 is 0 Å². The number of hydrogen-bond donors (Lipinski definition) is 1. The number of benzene rings is 1. The minimum absolute atomic E-state index is 0.377. The molecule has 2 aromatic rings. The molecule has 1 aromatic heterocycles. The molecule has 0 amide bonds. The molecule has 0 radical (unpaired) electrons. The minimum atomic E-state index is 0.377. The maximum atomic E-state index is 3.69. The van der Waals surface area contributed by atoms with E-state index in [9.17, 15) is 0 Å². The average molecular weight is 259 g/mol. The van der Waals surface area contributed by atoms with Crippen LogP contribution in [0.3, 0.4) is 0 Å². The maximum Gasteiger partial charge on any atom is 0.0393 e. The van der Waals surface area contributed by atoms with Gasteiger partial charge in [-0.05, 0) is 55.8 Å². The van der Waals surface area contributed by atoms with Gasteiger partial charge in [-0.2, -0.15) is 0 Å². The quantitative estimate of drug-likeness (QED) is 0.833. The van der Waals surface area contributed by atoms with E-state index in [0.717, 1.165) is 0 Å². The van der Waals surface area contributed by atoms with Crippen LogP contribution < -0.4 is 5.32 Å². The third-order valence-electron chi connectivity index (χ3n) is 3.45. The predicted molar refractivity (Wildman–Crippen MR) is 80.2 cm³/mol. The maximum absolute atomic E-state index is 3.69. The Labute approximate surface area is 114 Å².